The first-order chi connectivity index (χ1) is 13.7. The number of ether oxygens (including phenoxy) is 2. The highest BCUT2D eigenvalue weighted by atomic mass is 32.2. The lowest BCUT2D eigenvalue weighted by Gasteiger charge is -2.22. The van der Waals surface area contributed by atoms with E-state index in [2.05, 4.69) is 11.9 Å². The maximum absolute atomic E-state index is 12.4. The Morgan fingerprint density at radius 2 is 1.69 bits per heavy atom. The van der Waals surface area contributed by atoms with Crippen molar-refractivity contribution in [1.29, 1.82) is 0 Å². The zero-order valence-corrected chi connectivity index (χ0v) is 17.6. The minimum atomic E-state index is -3.66. The summed E-state index contributed by atoms with van der Waals surface area (Å²) in [5.41, 5.74) is 0.919. The topological polar surface area (TPSA) is 84.9 Å². The molecule has 2 aromatic rings. The monoisotopic (exact) mass is 418 g/mol. The van der Waals surface area contributed by atoms with Gasteiger partial charge >= 0.3 is 0 Å². The fraction of sp³-hybridized carbons (Fsp3) is 0.286. The molecule has 0 aliphatic heterocycles. The Morgan fingerprint density at radius 3 is 2.21 bits per heavy atom. The molecule has 0 spiro atoms. The number of benzene rings is 2. The Hall–Kier alpha value is -3.00. The van der Waals surface area contributed by atoms with Gasteiger partial charge in [-0.2, -0.15) is 0 Å². The van der Waals surface area contributed by atoms with E-state index in [0.717, 1.165) is 10.6 Å². The van der Waals surface area contributed by atoms with Crippen LogP contribution in [0.2, 0.25) is 0 Å². The Labute approximate surface area is 172 Å². The van der Waals surface area contributed by atoms with Gasteiger partial charge in [-0.25, -0.2) is 8.42 Å². The summed E-state index contributed by atoms with van der Waals surface area (Å²) < 4.78 is 36.4. The summed E-state index contributed by atoms with van der Waals surface area (Å²) in [5, 5.41) is 2.69. The van der Waals surface area contributed by atoms with Gasteiger partial charge in [-0.3, -0.25) is 9.10 Å². The van der Waals surface area contributed by atoms with Crippen molar-refractivity contribution in [1.82, 2.24) is 0 Å². The lowest BCUT2D eigenvalue weighted by molar-refractivity contribution is -0.114. The number of nitrogens with zero attached hydrogens (tertiary/aromatic N) is 1. The van der Waals surface area contributed by atoms with E-state index in [1.165, 1.54) is 0 Å². The molecule has 0 radical (unpaired) electrons. The first-order valence-corrected chi connectivity index (χ1v) is 10.9. The molecule has 0 saturated carbocycles. The Balaban J connectivity index is 2.08. The standard InChI is InChI=1S/C21H26N2O5S/c1-5-14-27-19-10-6-17(7-11-19)22-21(24)15-23(29(4,25)26)18-8-12-20(13-9-18)28-16(2)3/h5-13,16H,1,14-15H2,2-4H3,(H,22,24). The zero-order valence-electron chi connectivity index (χ0n) is 16.8. The summed E-state index contributed by atoms with van der Waals surface area (Å²) in [6, 6.07) is 13.3. The highest BCUT2D eigenvalue weighted by Crippen LogP contribution is 2.22. The number of rotatable bonds is 10. The zero-order chi connectivity index (χ0) is 21.4. The molecule has 0 bridgehead atoms. The molecule has 0 saturated heterocycles. The number of amides is 1. The van der Waals surface area contributed by atoms with Gasteiger partial charge in [-0.05, 0) is 62.4 Å². The third-order valence-electron chi connectivity index (χ3n) is 3.69. The second-order valence-electron chi connectivity index (χ2n) is 6.60. The summed E-state index contributed by atoms with van der Waals surface area (Å²) in [5.74, 6) is 0.808. The van der Waals surface area contributed by atoms with Crippen LogP contribution in [0.25, 0.3) is 0 Å². The highest BCUT2D eigenvalue weighted by molar-refractivity contribution is 7.92. The number of carbonyl (C=O) groups excluding carboxylic acids is 1. The molecule has 7 nitrogen and oxygen atoms in total. The predicted octanol–water partition coefficient (Wildman–Crippen LogP) is 3.44. The first kappa shape index (κ1) is 22.3. The fourth-order valence-electron chi connectivity index (χ4n) is 2.48. The molecule has 0 unspecified atom stereocenters. The van der Waals surface area contributed by atoms with Crippen LogP contribution in [0.1, 0.15) is 13.8 Å². The van der Waals surface area contributed by atoms with Gasteiger partial charge in [0, 0.05) is 5.69 Å². The van der Waals surface area contributed by atoms with Gasteiger partial charge in [0.25, 0.3) is 0 Å². The lowest BCUT2D eigenvalue weighted by atomic mass is 10.3. The van der Waals surface area contributed by atoms with E-state index >= 15 is 0 Å². The van der Waals surface area contributed by atoms with Gasteiger partial charge in [-0.15, -0.1) is 0 Å². The number of hydrogen-bond donors (Lipinski definition) is 1. The van der Waals surface area contributed by atoms with E-state index in [-0.39, 0.29) is 12.6 Å². The second kappa shape index (κ2) is 9.97. The SMILES string of the molecule is C=CCOc1ccc(NC(=O)CN(c2ccc(OC(C)C)cc2)S(C)(=O)=O)cc1. The minimum Gasteiger partial charge on any atom is -0.491 e. The molecule has 0 aliphatic carbocycles. The maximum Gasteiger partial charge on any atom is 0.245 e. The van der Waals surface area contributed by atoms with Gasteiger partial charge in [0.2, 0.25) is 15.9 Å². The summed E-state index contributed by atoms with van der Waals surface area (Å²) >= 11 is 0. The van der Waals surface area contributed by atoms with Gasteiger partial charge in [0.1, 0.15) is 24.7 Å². The summed E-state index contributed by atoms with van der Waals surface area (Å²) in [6.07, 6.45) is 2.70. The highest BCUT2D eigenvalue weighted by Gasteiger charge is 2.21. The predicted molar refractivity (Wildman–Crippen MR) is 115 cm³/mol. The molecular weight excluding hydrogens is 392 g/mol. The molecule has 0 heterocycles. The Bertz CT molecular complexity index is 923. The van der Waals surface area contributed by atoms with E-state index in [1.807, 2.05) is 13.8 Å². The van der Waals surface area contributed by atoms with Crippen molar-refractivity contribution < 1.29 is 22.7 Å². The van der Waals surface area contributed by atoms with Crippen LogP contribution < -0.4 is 19.1 Å². The molecule has 1 amide bonds. The van der Waals surface area contributed by atoms with Crippen LogP contribution in [0.4, 0.5) is 11.4 Å². The van der Waals surface area contributed by atoms with Gasteiger partial charge in [-0.1, -0.05) is 12.7 Å². The van der Waals surface area contributed by atoms with Crippen LogP contribution >= 0.6 is 0 Å². The van der Waals surface area contributed by atoms with Gasteiger partial charge in [0.15, 0.2) is 0 Å². The average Bonchev–Trinajstić information content (AvgIpc) is 2.65. The van der Waals surface area contributed by atoms with Crippen LogP contribution in [0, 0.1) is 0 Å². The van der Waals surface area contributed by atoms with Crippen LogP contribution in [0.3, 0.4) is 0 Å². The van der Waals surface area contributed by atoms with Gasteiger partial charge < -0.3 is 14.8 Å². The molecule has 8 heteroatoms. The molecule has 2 aromatic carbocycles. The largest absolute Gasteiger partial charge is 0.491 e. The van der Waals surface area contributed by atoms with Crippen molar-refractivity contribution in [2.75, 3.05) is 29.0 Å². The van der Waals surface area contributed by atoms with Crippen LogP contribution in [-0.4, -0.2) is 39.8 Å². The van der Waals surface area contributed by atoms with Crippen molar-refractivity contribution in [2.24, 2.45) is 0 Å². The number of nitrogens with one attached hydrogen (secondary N) is 1. The van der Waals surface area contributed by atoms with E-state index in [0.29, 0.717) is 29.5 Å². The molecule has 2 rings (SSSR count). The van der Waals surface area contributed by atoms with E-state index in [9.17, 15) is 13.2 Å². The number of sulfonamides is 1. The molecule has 29 heavy (non-hydrogen) atoms. The van der Waals surface area contributed by atoms with Crippen LogP contribution in [0.15, 0.2) is 61.2 Å². The first-order valence-electron chi connectivity index (χ1n) is 9.07. The third-order valence-corrected chi connectivity index (χ3v) is 4.83. The summed E-state index contributed by atoms with van der Waals surface area (Å²) in [4.78, 5) is 12.4. The van der Waals surface area contributed by atoms with E-state index in [1.54, 1.807) is 54.6 Å². The lowest BCUT2D eigenvalue weighted by Crippen LogP contribution is -2.37. The number of hydrogen-bond acceptors (Lipinski definition) is 5. The van der Waals surface area contributed by atoms with Crippen molar-refractivity contribution >= 4 is 27.3 Å². The molecular formula is C21H26N2O5S. The van der Waals surface area contributed by atoms with Crippen molar-refractivity contribution in [2.45, 2.75) is 20.0 Å². The van der Waals surface area contributed by atoms with Crippen molar-refractivity contribution in [3.8, 4) is 11.5 Å². The minimum absolute atomic E-state index is 0.00574. The Morgan fingerprint density at radius 1 is 1.10 bits per heavy atom. The number of anilines is 2. The fourth-order valence-corrected chi connectivity index (χ4v) is 3.34. The summed E-state index contributed by atoms with van der Waals surface area (Å²) in [7, 11) is -3.66. The molecule has 0 atom stereocenters. The van der Waals surface area contributed by atoms with Crippen LogP contribution in [-0.2, 0) is 14.8 Å². The normalized spacial score (nSPS) is 11.0. The van der Waals surface area contributed by atoms with E-state index in [4.69, 9.17) is 9.47 Å². The summed E-state index contributed by atoms with van der Waals surface area (Å²) in [6.45, 7) is 7.42. The third kappa shape index (κ3) is 7.15. The van der Waals surface area contributed by atoms with E-state index < -0.39 is 15.9 Å². The molecule has 0 aliphatic rings. The quantitative estimate of drug-likeness (QED) is 0.598. The molecule has 1 N–H and O–H groups in total. The maximum atomic E-state index is 12.4. The second-order valence-corrected chi connectivity index (χ2v) is 8.51. The molecule has 156 valence electrons. The molecule has 0 fully saturated rings. The van der Waals surface area contributed by atoms with Gasteiger partial charge in [0.05, 0.1) is 18.0 Å². The van der Waals surface area contributed by atoms with Crippen LogP contribution in [0.5, 0.6) is 11.5 Å². The van der Waals surface area contributed by atoms with Crippen molar-refractivity contribution in [3.05, 3.63) is 61.2 Å². The molecule has 0 aromatic heterocycles. The Kier molecular flexibility index (Phi) is 7.67. The average molecular weight is 419 g/mol. The number of carbonyl (C=O) groups is 1. The smallest absolute Gasteiger partial charge is 0.245 e. The van der Waals surface area contributed by atoms with Crippen molar-refractivity contribution in [3.63, 3.8) is 0 Å².